The van der Waals surface area contributed by atoms with Crippen molar-refractivity contribution in [3.63, 3.8) is 0 Å². The summed E-state index contributed by atoms with van der Waals surface area (Å²) in [5, 5.41) is 0. The number of aryl methyl sites for hydroxylation is 2. The predicted molar refractivity (Wildman–Crippen MR) is 156 cm³/mol. The van der Waals surface area contributed by atoms with Crippen LogP contribution in [0.1, 0.15) is 80.2 Å². The molecule has 1 aromatic heterocycles. The number of aromatic nitrogens is 1. The highest BCUT2D eigenvalue weighted by molar-refractivity contribution is 5.96. The van der Waals surface area contributed by atoms with Crippen LogP contribution in [0.5, 0.6) is 0 Å². The van der Waals surface area contributed by atoms with Crippen LogP contribution in [0.2, 0.25) is 0 Å². The molecular formula is C33H45N3O2. The first-order chi connectivity index (χ1) is 18.2. The van der Waals surface area contributed by atoms with Gasteiger partial charge in [0.15, 0.2) is 0 Å². The van der Waals surface area contributed by atoms with Gasteiger partial charge in [0.25, 0.3) is 5.91 Å². The van der Waals surface area contributed by atoms with Crippen LogP contribution < -0.4 is 0 Å². The van der Waals surface area contributed by atoms with Gasteiger partial charge in [-0.2, -0.15) is 0 Å². The number of nitrogens with zero attached hydrogens (tertiary/aromatic N) is 3. The highest BCUT2D eigenvalue weighted by Crippen LogP contribution is 2.17. The molecule has 1 heterocycles. The molecule has 0 aliphatic rings. The van der Waals surface area contributed by atoms with Crippen molar-refractivity contribution in [1.29, 1.82) is 0 Å². The number of benzene rings is 2. The molecule has 3 rings (SSSR count). The van der Waals surface area contributed by atoms with E-state index in [9.17, 15) is 9.59 Å². The summed E-state index contributed by atoms with van der Waals surface area (Å²) < 4.78 is 2.22. The van der Waals surface area contributed by atoms with Crippen LogP contribution >= 0.6 is 0 Å². The average molecular weight is 516 g/mol. The Morgan fingerprint density at radius 1 is 0.921 bits per heavy atom. The third-order valence-electron chi connectivity index (χ3n) is 7.50. The van der Waals surface area contributed by atoms with Crippen LogP contribution in [0, 0.1) is 12.8 Å². The summed E-state index contributed by atoms with van der Waals surface area (Å²) in [4.78, 5) is 31.0. The molecular weight excluding hydrogens is 470 g/mol. The topological polar surface area (TPSA) is 45.6 Å². The van der Waals surface area contributed by atoms with Crippen molar-refractivity contribution < 1.29 is 9.59 Å². The van der Waals surface area contributed by atoms with E-state index in [0.29, 0.717) is 24.6 Å². The third kappa shape index (κ3) is 7.83. The summed E-state index contributed by atoms with van der Waals surface area (Å²) in [5.74, 6) is 0.359. The second kappa shape index (κ2) is 14.0. The van der Waals surface area contributed by atoms with E-state index in [4.69, 9.17) is 0 Å². The fourth-order valence-electron chi connectivity index (χ4n) is 4.59. The van der Waals surface area contributed by atoms with Gasteiger partial charge in [0.05, 0.1) is 6.54 Å². The molecule has 0 fully saturated rings. The second-order valence-corrected chi connectivity index (χ2v) is 10.8. The van der Waals surface area contributed by atoms with Crippen molar-refractivity contribution in [2.24, 2.45) is 5.92 Å². The monoisotopic (exact) mass is 515 g/mol. The zero-order chi connectivity index (χ0) is 27.7. The molecule has 0 aliphatic heterocycles. The van der Waals surface area contributed by atoms with Crippen molar-refractivity contribution >= 4 is 11.8 Å². The van der Waals surface area contributed by atoms with E-state index in [2.05, 4.69) is 82.6 Å². The number of rotatable bonds is 13. The Morgan fingerprint density at radius 2 is 1.63 bits per heavy atom. The van der Waals surface area contributed by atoms with Gasteiger partial charge in [-0.15, -0.1) is 0 Å². The number of carbonyl (C=O) groups excluding carboxylic acids is 2. The highest BCUT2D eigenvalue weighted by atomic mass is 16.2. The van der Waals surface area contributed by atoms with Crippen molar-refractivity contribution in [3.8, 4) is 0 Å². The fourth-order valence-corrected chi connectivity index (χ4v) is 4.59. The summed E-state index contributed by atoms with van der Waals surface area (Å²) in [6, 6.07) is 20.4. The number of amides is 2. The van der Waals surface area contributed by atoms with Crippen molar-refractivity contribution in [2.75, 3.05) is 13.1 Å². The Bertz CT molecular complexity index is 1180. The Kier molecular flexibility index (Phi) is 10.8. The van der Waals surface area contributed by atoms with Crippen LogP contribution in [0.3, 0.4) is 0 Å². The Balaban J connectivity index is 1.80. The highest BCUT2D eigenvalue weighted by Gasteiger charge is 2.26. The predicted octanol–water partition coefficient (Wildman–Crippen LogP) is 6.72. The van der Waals surface area contributed by atoms with Gasteiger partial charge in [0.1, 0.15) is 6.54 Å². The molecule has 0 aliphatic carbocycles. The first-order valence-electron chi connectivity index (χ1n) is 14.1. The van der Waals surface area contributed by atoms with E-state index in [-0.39, 0.29) is 24.4 Å². The molecule has 3 aromatic rings. The minimum atomic E-state index is -0.0753. The van der Waals surface area contributed by atoms with Gasteiger partial charge >= 0.3 is 0 Å². The van der Waals surface area contributed by atoms with E-state index in [0.717, 1.165) is 31.5 Å². The Morgan fingerprint density at radius 3 is 2.26 bits per heavy atom. The molecule has 204 valence electrons. The molecule has 2 amide bonds. The van der Waals surface area contributed by atoms with Gasteiger partial charge in [-0.1, -0.05) is 64.1 Å². The van der Waals surface area contributed by atoms with Gasteiger partial charge in [-0.3, -0.25) is 9.59 Å². The minimum absolute atomic E-state index is 0.00900. The molecule has 0 saturated carbocycles. The largest absolute Gasteiger partial charge is 0.345 e. The molecule has 38 heavy (non-hydrogen) atoms. The molecule has 0 N–H and O–H groups in total. The molecule has 0 spiro atoms. The summed E-state index contributed by atoms with van der Waals surface area (Å²) >= 11 is 0. The van der Waals surface area contributed by atoms with E-state index in [1.807, 2.05) is 35.2 Å². The first kappa shape index (κ1) is 29.2. The van der Waals surface area contributed by atoms with E-state index in [1.165, 1.54) is 16.7 Å². The SMILES string of the molecule is CCc1ccc(C(=O)N(CCC(C)C)CC(=O)N(Cc2cccn2Cc2ccccc2C)C(C)CC)cc1. The maximum Gasteiger partial charge on any atom is 0.254 e. The maximum absolute atomic E-state index is 13.8. The summed E-state index contributed by atoms with van der Waals surface area (Å²) in [7, 11) is 0. The van der Waals surface area contributed by atoms with E-state index < -0.39 is 0 Å². The molecule has 5 heteroatoms. The summed E-state index contributed by atoms with van der Waals surface area (Å²) in [6.07, 6.45) is 4.72. The zero-order valence-corrected chi connectivity index (χ0v) is 24.1. The van der Waals surface area contributed by atoms with Gasteiger partial charge in [-0.05, 0) is 80.0 Å². The number of carbonyl (C=O) groups is 2. The van der Waals surface area contributed by atoms with Gasteiger partial charge in [0.2, 0.25) is 5.91 Å². The van der Waals surface area contributed by atoms with E-state index >= 15 is 0 Å². The van der Waals surface area contributed by atoms with Gasteiger partial charge in [-0.25, -0.2) is 0 Å². The lowest BCUT2D eigenvalue weighted by Crippen LogP contribution is -2.46. The van der Waals surface area contributed by atoms with E-state index in [1.54, 1.807) is 4.90 Å². The molecule has 2 aromatic carbocycles. The molecule has 1 atom stereocenters. The maximum atomic E-state index is 13.8. The van der Waals surface area contributed by atoms with Crippen molar-refractivity contribution in [3.05, 3.63) is 94.8 Å². The van der Waals surface area contributed by atoms with Crippen LogP contribution in [-0.2, 0) is 24.3 Å². The Labute approximate surface area is 229 Å². The fraction of sp³-hybridized carbons (Fsp3) is 0.455. The van der Waals surface area contributed by atoms with Gasteiger partial charge in [0, 0.05) is 36.6 Å². The van der Waals surface area contributed by atoms with Crippen LogP contribution in [-0.4, -0.2) is 45.3 Å². The average Bonchev–Trinajstić information content (AvgIpc) is 3.36. The minimum Gasteiger partial charge on any atom is -0.345 e. The lowest BCUT2D eigenvalue weighted by molar-refractivity contribution is -0.134. The molecule has 1 unspecified atom stereocenters. The normalized spacial score (nSPS) is 12.0. The standard InChI is InChI=1S/C33H45N3O2/c1-7-27(6)36(23-31-14-11-20-34(31)22-30-13-10-9-12-26(30)5)32(37)24-35(21-19-25(3)4)33(38)29-17-15-28(8-2)16-18-29/h9-18,20,25,27H,7-8,19,21-24H2,1-6H3. The smallest absolute Gasteiger partial charge is 0.254 e. The second-order valence-electron chi connectivity index (χ2n) is 10.8. The molecule has 5 nitrogen and oxygen atoms in total. The lowest BCUT2D eigenvalue weighted by atomic mass is 10.1. The molecule has 0 radical (unpaired) electrons. The van der Waals surface area contributed by atoms with Gasteiger partial charge < -0.3 is 14.4 Å². The molecule has 0 saturated heterocycles. The van der Waals surface area contributed by atoms with Crippen LogP contribution in [0.15, 0.2) is 66.9 Å². The van der Waals surface area contributed by atoms with Crippen molar-refractivity contribution in [2.45, 2.75) is 79.9 Å². The first-order valence-corrected chi connectivity index (χ1v) is 14.1. The summed E-state index contributed by atoms with van der Waals surface area (Å²) in [5.41, 5.74) is 5.46. The lowest BCUT2D eigenvalue weighted by Gasteiger charge is -2.32. The summed E-state index contributed by atoms with van der Waals surface area (Å²) in [6.45, 7) is 14.7. The number of hydrogen-bond acceptors (Lipinski definition) is 2. The Hall–Kier alpha value is -3.34. The number of hydrogen-bond donors (Lipinski definition) is 0. The van der Waals surface area contributed by atoms with Crippen LogP contribution in [0.4, 0.5) is 0 Å². The third-order valence-corrected chi connectivity index (χ3v) is 7.50. The van der Waals surface area contributed by atoms with Crippen molar-refractivity contribution in [1.82, 2.24) is 14.4 Å². The quantitative estimate of drug-likeness (QED) is 0.254. The van der Waals surface area contributed by atoms with Crippen LogP contribution in [0.25, 0.3) is 0 Å². The molecule has 0 bridgehead atoms. The zero-order valence-electron chi connectivity index (χ0n) is 24.1.